The molecule has 2 aromatic rings. The summed E-state index contributed by atoms with van der Waals surface area (Å²) in [5.41, 5.74) is 0. The summed E-state index contributed by atoms with van der Waals surface area (Å²) in [6.07, 6.45) is 3.08. The largest absolute Gasteiger partial charge is 0.373 e. The minimum absolute atomic E-state index is 0.531. The Balaban J connectivity index is 1.62. The van der Waals surface area contributed by atoms with Crippen LogP contribution < -0.4 is 10.6 Å². The average Bonchev–Trinajstić information content (AvgIpc) is 3.22. The van der Waals surface area contributed by atoms with Crippen LogP contribution in [0.2, 0.25) is 0 Å². The van der Waals surface area contributed by atoms with E-state index in [4.69, 9.17) is 4.52 Å². The molecule has 7 heteroatoms. The van der Waals surface area contributed by atoms with Gasteiger partial charge in [-0.05, 0) is 12.8 Å². The van der Waals surface area contributed by atoms with Crippen molar-refractivity contribution in [2.45, 2.75) is 32.1 Å². The molecule has 0 spiro atoms. The fourth-order valence-corrected chi connectivity index (χ4v) is 1.95. The van der Waals surface area contributed by atoms with E-state index in [0.29, 0.717) is 30.6 Å². The van der Waals surface area contributed by atoms with Gasteiger partial charge in [-0.15, -0.1) is 0 Å². The second-order valence-electron chi connectivity index (χ2n) is 4.93. The Kier molecular flexibility index (Phi) is 3.49. The Morgan fingerprint density at radius 1 is 1.25 bits per heavy atom. The van der Waals surface area contributed by atoms with Crippen LogP contribution in [0.4, 0.5) is 11.6 Å². The SMILES string of the molecule is CNc1cc(NCCc2noc(C)n2)nc(C2CC2)n1. The fourth-order valence-electron chi connectivity index (χ4n) is 1.95. The van der Waals surface area contributed by atoms with Gasteiger partial charge in [0.1, 0.15) is 17.5 Å². The van der Waals surface area contributed by atoms with Crippen LogP contribution >= 0.6 is 0 Å². The lowest BCUT2D eigenvalue weighted by Crippen LogP contribution is -2.10. The molecule has 0 saturated heterocycles. The Bertz CT molecular complexity index is 592. The highest BCUT2D eigenvalue weighted by Gasteiger charge is 2.27. The summed E-state index contributed by atoms with van der Waals surface area (Å²) in [5, 5.41) is 10.2. The average molecular weight is 274 g/mol. The highest BCUT2D eigenvalue weighted by molar-refractivity contribution is 5.47. The van der Waals surface area contributed by atoms with Crippen molar-refractivity contribution in [2.24, 2.45) is 0 Å². The predicted octanol–water partition coefficient (Wildman–Crippen LogP) is 1.74. The zero-order valence-electron chi connectivity index (χ0n) is 11.7. The van der Waals surface area contributed by atoms with Gasteiger partial charge in [0.25, 0.3) is 0 Å². The monoisotopic (exact) mass is 274 g/mol. The van der Waals surface area contributed by atoms with E-state index in [-0.39, 0.29) is 0 Å². The van der Waals surface area contributed by atoms with Gasteiger partial charge in [-0.3, -0.25) is 0 Å². The molecule has 0 bridgehead atoms. The van der Waals surface area contributed by atoms with Crippen molar-refractivity contribution < 1.29 is 4.52 Å². The van der Waals surface area contributed by atoms with Crippen LogP contribution in [0.1, 0.15) is 36.3 Å². The first kappa shape index (κ1) is 12.8. The minimum atomic E-state index is 0.531. The highest BCUT2D eigenvalue weighted by atomic mass is 16.5. The first-order valence-electron chi connectivity index (χ1n) is 6.84. The number of nitrogens with one attached hydrogen (secondary N) is 2. The van der Waals surface area contributed by atoms with Gasteiger partial charge in [-0.25, -0.2) is 9.97 Å². The third kappa shape index (κ3) is 3.04. The van der Waals surface area contributed by atoms with Gasteiger partial charge < -0.3 is 15.2 Å². The first-order valence-corrected chi connectivity index (χ1v) is 6.84. The number of nitrogens with zero attached hydrogens (tertiary/aromatic N) is 4. The van der Waals surface area contributed by atoms with Crippen LogP contribution in [-0.2, 0) is 6.42 Å². The molecule has 0 radical (unpaired) electrons. The van der Waals surface area contributed by atoms with Crippen molar-refractivity contribution in [3.8, 4) is 0 Å². The van der Waals surface area contributed by atoms with Gasteiger partial charge in [-0.1, -0.05) is 5.16 Å². The summed E-state index contributed by atoms with van der Waals surface area (Å²) in [4.78, 5) is 13.2. The number of rotatable bonds is 6. The van der Waals surface area contributed by atoms with Crippen molar-refractivity contribution in [1.82, 2.24) is 20.1 Å². The molecule has 1 fully saturated rings. The van der Waals surface area contributed by atoms with E-state index >= 15 is 0 Å². The van der Waals surface area contributed by atoms with Crippen LogP contribution in [0.3, 0.4) is 0 Å². The molecular weight excluding hydrogens is 256 g/mol. The van der Waals surface area contributed by atoms with E-state index in [1.54, 1.807) is 6.92 Å². The molecule has 3 rings (SSSR count). The van der Waals surface area contributed by atoms with Gasteiger partial charge in [0, 0.05) is 38.9 Å². The third-order valence-electron chi connectivity index (χ3n) is 3.17. The molecule has 1 saturated carbocycles. The molecule has 2 N–H and O–H groups in total. The first-order chi connectivity index (χ1) is 9.74. The molecule has 0 atom stereocenters. The van der Waals surface area contributed by atoms with Gasteiger partial charge in [0.05, 0.1) is 0 Å². The lowest BCUT2D eigenvalue weighted by Gasteiger charge is -2.08. The Labute approximate surface area is 117 Å². The van der Waals surface area contributed by atoms with Crippen molar-refractivity contribution in [2.75, 3.05) is 24.2 Å². The number of hydrogen-bond acceptors (Lipinski definition) is 7. The maximum atomic E-state index is 4.94. The smallest absolute Gasteiger partial charge is 0.223 e. The number of aryl methyl sites for hydroxylation is 1. The van der Waals surface area contributed by atoms with E-state index in [1.165, 1.54) is 12.8 Å². The molecule has 0 unspecified atom stereocenters. The number of hydrogen-bond donors (Lipinski definition) is 2. The Morgan fingerprint density at radius 2 is 2.05 bits per heavy atom. The topological polar surface area (TPSA) is 88.8 Å². The quantitative estimate of drug-likeness (QED) is 0.829. The summed E-state index contributed by atoms with van der Waals surface area (Å²) in [6, 6.07) is 1.91. The molecular formula is C13H18N6O. The van der Waals surface area contributed by atoms with E-state index in [0.717, 1.165) is 17.5 Å². The van der Waals surface area contributed by atoms with Gasteiger partial charge in [0.2, 0.25) is 5.89 Å². The molecule has 1 aliphatic rings. The summed E-state index contributed by atoms with van der Waals surface area (Å²) in [5.74, 6) is 4.44. The van der Waals surface area contributed by atoms with E-state index in [1.807, 2.05) is 13.1 Å². The highest BCUT2D eigenvalue weighted by Crippen LogP contribution is 2.38. The molecule has 7 nitrogen and oxygen atoms in total. The van der Waals surface area contributed by atoms with E-state index in [2.05, 4.69) is 30.7 Å². The number of aromatic nitrogens is 4. The summed E-state index contributed by atoms with van der Waals surface area (Å²) in [7, 11) is 1.87. The maximum Gasteiger partial charge on any atom is 0.223 e. The van der Waals surface area contributed by atoms with Crippen molar-refractivity contribution in [3.63, 3.8) is 0 Å². The standard InChI is InChI=1S/C13H18N6O/c1-8-16-10(19-20-8)5-6-15-12-7-11(14-2)17-13(18-12)9-3-4-9/h7,9H,3-6H2,1-2H3,(H2,14,15,17,18). The van der Waals surface area contributed by atoms with E-state index < -0.39 is 0 Å². The zero-order chi connectivity index (χ0) is 13.9. The summed E-state index contributed by atoms with van der Waals surface area (Å²) >= 11 is 0. The van der Waals surface area contributed by atoms with Crippen molar-refractivity contribution >= 4 is 11.6 Å². The second-order valence-corrected chi connectivity index (χ2v) is 4.93. The third-order valence-corrected chi connectivity index (χ3v) is 3.17. The zero-order valence-corrected chi connectivity index (χ0v) is 11.7. The lowest BCUT2D eigenvalue weighted by atomic mass is 10.3. The van der Waals surface area contributed by atoms with Crippen LogP contribution in [-0.4, -0.2) is 33.7 Å². The molecule has 2 heterocycles. The van der Waals surface area contributed by atoms with Crippen molar-refractivity contribution in [3.05, 3.63) is 23.6 Å². The predicted molar refractivity (Wildman–Crippen MR) is 74.8 cm³/mol. The van der Waals surface area contributed by atoms with Crippen LogP contribution in [0.25, 0.3) is 0 Å². The minimum Gasteiger partial charge on any atom is -0.373 e. The molecule has 1 aliphatic carbocycles. The normalized spacial score (nSPS) is 14.3. The molecule has 0 aliphatic heterocycles. The van der Waals surface area contributed by atoms with Gasteiger partial charge in [-0.2, -0.15) is 4.98 Å². The maximum absolute atomic E-state index is 4.94. The van der Waals surface area contributed by atoms with Gasteiger partial charge in [0.15, 0.2) is 5.82 Å². The second kappa shape index (κ2) is 5.44. The molecule has 106 valence electrons. The van der Waals surface area contributed by atoms with Crippen molar-refractivity contribution in [1.29, 1.82) is 0 Å². The molecule has 2 aromatic heterocycles. The van der Waals surface area contributed by atoms with Crippen LogP contribution in [0, 0.1) is 6.92 Å². The Hall–Kier alpha value is -2.18. The van der Waals surface area contributed by atoms with E-state index in [9.17, 15) is 0 Å². The fraction of sp³-hybridized carbons (Fsp3) is 0.538. The number of anilines is 2. The molecule has 0 aromatic carbocycles. The molecule has 20 heavy (non-hydrogen) atoms. The van der Waals surface area contributed by atoms with Crippen LogP contribution in [0.15, 0.2) is 10.6 Å². The Morgan fingerprint density at radius 3 is 2.70 bits per heavy atom. The molecule has 0 amide bonds. The summed E-state index contributed by atoms with van der Waals surface area (Å²) in [6.45, 7) is 2.50. The van der Waals surface area contributed by atoms with Gasteiger partial charge >= 0.3 is 0 Å². The van der Waals surface area contributed by atoms with Crippen LogP contribution in [0.5, 0.6) is 0 Å². The summed E-state index contributed by atoms with van der Waals surface area (Å²) < 4.78 is 4.94. The lowest BCUT2D eigenvalue weighted by molar-refractivity contribution is 0.387.